The van der Waals surface area contributed by atoms with Crippen molar-refractivity contribution in [3.8, 4) is 17.2 Å². The van der Waals surface area contributed by atoms with Crippen LogP contribution in [0.3, 0.4) is 0 Å². The van der Waals surface area contributed by atoms with E-state index in [1.165, 1.54) is 29.5 Å². The van der Waals surface area contributed by atoms with Crippen molar-refractivity contribution in [3.05, 3.63) is 73.4 Å². The number of nitro benzene ring substituents is 1. The van der Waals surface area contributed by atoms with Crippen LogP contribution in [0.15, 0.2) is 47.8 Å². The molecule has 10 heteroatoms. The first-order chi connectivity index (χ1) is 14.0. The van der Waals surface area contributed by atoms with Gasteiger partial charge < -0.3 is 19.5 Å². The van der Waals surface area contributed by atoms with Gasteiger partial charge in [-0.25, -0.2) is 0 Å². The fourth-order valence-corrected chi connectivity index (χ4v) is 3.61. The summed E-state index contributed by atoms with van der Waals surface area (Å²) in [5, 5.41) is 15.7. The molecular weight excluding hydrogens is 420 g/mol. The zero-order chi connectivity index (χ0) is 20.4. The number of nitrogens with zero attached hydrogens (tertiary/aromatic N) is 1. The summed E-state index contributed by atoms with van der Waals surface area (Å²) in [7, 11) is 0. The SMILES string of the molecule is O=C(Nc1ccc(Cl)cc1[N+](=O)[O-])c1cc(COc2ccc3c(c2)OCO3)cs1. The van der Waals surface area contributed by atoms with Crippen LogP contribution in [0.25, 0.3) is 0 Å². The van der Waals surface area contributed by atoms with Gasteiger partial charge in [-0.2, -0.15) is 0 Å². The normalized spacial score (nSPS) is 11.9. The summed E-state index contributed by atoms with van der Waals surface area (Å²) in [4.78, 5) is 23.4. The molecule has 8 nitrogen and oxygen atoms in total. The van der Waals surface area contributed by atoms with Crippen molar-refractivity contribution in [2.24, 2.45) is 0 Å². The lowest BCUT2D eigenvalue weighted by atomic mass is 10.2. The number of thiophene rings is 1. The summed E-state index contributed by atoms with van der Waals surface area (Å²) in [5.74, 6) is 1.46. The third-order valence-corrected chi connectivity index (χ3v) is 5.24. The van der Waals surface area contributed by atoms with Gasteiger partial charge in [-0.3, -0.25) is 14.9 Å². The highest BCUT2D eigenvalue weighted by molar-refractivity contribution is 7.12. The predicted molar refractivity (Wildman–Crippen MR) is 107 cm³/mol. The average molecular weight is 433 g/mol. The van der Waals surface area contributed by atoms with Crippen LogP contribution in [-0.2, 0) is 6.61 Å². The molecule has 0 spiro atoms. The lowest BCUT2D eigenvalue weighted by Crippen LogP contribution is -2.11. The van der Waals surface area contributed by atoms with Crippen molar-refractivity contribution < 1.29 is 23.9 Å². The quantitative estimate of drug-likeness (QED) is 0.440. The summed E-state index contributed by atoms with van der Waals surface area (Å²) >= 11 is 7.01. The molecule has 1 aromatic heterocycles. The minimum Gasteiger partial charge on any atom is -0.489 e. The summed E-state index contributed by atoms with van der Waals surface area (Å²) in [6, 6.07) is 11.0. The number of nitro groups is 1. The van der Waals surface area contributed by atoms with E-state index in [0.29, 0.717) is 22.1 Å². The first-order valence-electron chi connectivity index (χ1n) is 8.35. The number of fused-ring (bicyclic) bond motifs is 1. The van der Waals surface area contributed by atoms with E-state index in [9.17, 15) is 14.9 Å². The number of halogens is 1. The fraction of sp³-hybridized carbons (Fsp3) is 0.105. The molecule has 0 saturated heterocycles. The van der Waals surface area contributed by atoms with Gasteiger partial charge in [0.05, 0.1) is 9.80 Å². The van der Waals surface area contributed by atoms with E-state index in [4.69, 9.17) is 25.8 Å². The number of carbonyl (C=O) groups excluding carboxylic acids is 1. The molecule has 0 saturated carbocycles. The third kappa shape index (κ3) is 4.25. The molecule has 148 valence electrons. The van der Waals surface area contributed by atoms with E-state index >= 15 is 0 Å². The number of rotatable bonds is 6. The molecule has 0 atom stereocenters. The molecule has 1 aliphatic heterocycles. The number of ether oxygens (including phenoxy) is 3. The van der Waals surface area contributed by atoms with Crippen LogP contribution in [0, 0.1) is 10.1 Å². The van der Waals surface area contributed by atoms with Crippen molar-refractivity contribution in [2.75, 3.05) is 12.1 Å². The van der Waals surface area contributed by atoms with E-state index in [1.807, 2.05) is 0 Å². The maximum atomic E-state index is 12.5. The maximum Gasteiger partial charge on any atom is 0.294 e. The van der Waals surface area contributed by atoms with Crippen LogP contribution in [0.1, 0.15) is 15.2 Å². The van der Waals surface area contributed by atoms with Crippen LogP contribution in [0.5, 0.6) is 17.2 Å². The lowest BCUT2D eigenvalue weighted by molar-refractivity contribution is -0.383. The van der Waals surface area contributed by atoms with Crippen LogP contribution in [0.2, 0.25) is 5.02 Å². The van der Waals surface area contributed by atoms with Gasteiger partial charge in [0.1, 0.15) is 18.0 Å². The number of benzene rings is 2. The van der Waals surface area contributed by atoms with Gasteiger partial charge in [0.2, 0.25) is 6.79 Å². The lowest BCUT2D eigenvalue weighted by Gasteiger charge is -2.06. The molecule has 1 amide bonds. The summed E-state index contributed by atoms with van der Waals surface area (Å²) in [6.45, 7) is 0.443. The maximum absolute atomic E-state index is 12.5. The molecule has 2 heterocycles. The van der Waals surface area contributed by atoms with Crippen LogP contribution < -0.4 is 19.5 Å². The molecular formula is C19H13ClN2O6S. The van der Waals surface area contributed by atoms with Crippen molar-refractivity contribution >= 4 is 40.2 Å². The van der Waals surface area contributed by atoms with Gasteiger partial charge in [0.15, 0.2) is 11.5 Å². The second-order valence-corrected chi connectivity index (χ2v) is 7.34. The van der Waals surface area contributed by atoms with Crippen molar-refractivity contribution in [2.45, 2.75) is 6.61 Å². The minimum atomic E-state index is -0.597. The standard InChI is InChI=1S/C19H13ClN2O6S/c20-12-1-3-14(15(6-12)22(24)25)21-19(23)18-5-11(9-29-18)8-26-13-2-4-16-17(7-13)28-10-27-16/h1-7,9H,8,10H2,(H,21,23). The Kier molecular flexibility index (Phi) is 5.24. The molecule has 0 unspecified atom stereocenters. The Hall–Kier alpha value is -3.30. The van der Waals surface area contributed by atoms with Gasteiger partial charge in [-0.1, -0.05) is 11.6 Å². The van der Waals surface area contributed by atoms with E-state index in [1.54, 1.807) is 29.6 Å². The fourth-order valence-electron chi connectivity index (χ4n) is 2.65. The Balaban J connectivity index is 1.41. The van der Waals surface area contributed by atoms with Crippen LogP contribution in [0.4, 0.5) is 11.4 Å². The number of amides is 1. The molecule has 0 fully saturated rings. The number of hydrogen-bond donors (Lipinski definition) is 1. The van der Waals surface area contributed by atoms with Crippen molar-refractivity contribution in [1.82, 2.24) is 0 Å². The molecule has 4 rings (SSSR count). The zero-order valence-electron chi connectivity index (χ0n) is 14.7. The molecule has 3 aromatic rings. The highest BCUT2D eigenvalue weighted by Gasteiger charge is 2.18. The Morgan fingerprint density at radius 2 is 2.03 bits per heavy atom. The van der Waals surface area contributed by atoms with E-state index in [-0.39, 0.29) is 29.8 Å². The van der Waals surface area contributed by atoms with Crippen molar-refractivity contribution in [1.29, 1.82) is 0 Å². The molecule has 0 radical (unpaired) electrons. The van der Waals surface area contributed by atoms with Gasteiger partial charge >= 0.3 is 0 Å². The number of hydrogen-bond acceptors (Lipinski definition) is 7. The predicted octanol–water partition coefficient (Wildman–Crippen LogP) is 4.87. The number of carbonyl (C=O) groups is 1. The Bertz CT molecular complexity index is 1100. The Labute approximate surface area is 173 Å². The highest BCUT2D eigenvalue weighted by Crippen LogP contribution is 2.35. The molecule has 29 heavy (non-hydrogen) atoms. The first kappa shape index (κ1) is 19.0. The van der Waals surface area contributed by atoms with Gasteiger partial charge in [-0.05, 0) is 35.7 Å². The molecule has 1 aliphatic rings. The molecule has 0 bridgehead atoms. The second kappa shape index (κ2) is 7.98. The Morgan fingerprint density at radius 3 is 2.86 bits per heavy atom. The van der Waals surface area contributed by atoms with Gasteiger partial charge in [-0.15, -0.1) is 11.3 Å². The summed E-state index contributed by atoms with van der Waals surface area (Å²) in [6.07, 6.45) is 0. The van der Waals surface area contributed by atoms with Crippen LogP contribution >= 0.6 is 22.9 Å². The molecule has 0 aliphatic carbocycles. The minimum absolute atomic E-state index is 0.0796. The number of nitrogens with one attached hydrogen (secondary N) is 1. The monoisotopic (exact) mass is 432 g/mol. The first-order valence-corrected chi connectivity index (χ1v) is 9.60. The average Bonchev–Trinajstić information content (AvgIpc) is 3.36. The molecule has 2 aromatic carbocycles. The smallest absolute Gasteiger partial charge is 0.294 e. The number of anilines is 1. The molecule has 1 N–H and O–H groups in total. The summed E-state index contributed by atoms with van der Waals surface area (Å²) < 4.78 is 16.3. The van der Waals surface area contributed by atoms with E-state index in [0.717, 1.165) is 5.56 Å². The Morgan fingerprint density at radius 1 is 1.21 bits per heavy atom. The zero-order valence-corrected chi connectivity index (χ0v) is 16.3. The van der Waals surface area contributed by atoms with Gasteiger partial charge in [0.25, 0.3) is 11.6 Å². The third-order valence-electron chi connectivity index (χ3n) is 4.03. The van der Waals surface area contributed by atoms with E-state index in [2.05, 4.69) is 5.32 Å². The largest absolute Gasteiger partial charge is 0.489 e. The van der Waals surface area contributed by atoms with Crippen LogP contribution in [-0.4, -0.2) is 17.6 Å². The second-order valence-electron chi connectivity index (χ2n) is 6.00. The summed E-state index contributed by atoms with van der Waals surface area (Å²) in [5.41, 5.74) is 0.605. The van der Waals surface area contributed by atoms with Crippen molar-refractivity contribution in [3.63, 3.8) is 0 Å². The van der Waals surface area contributed by atoms with E-state index < -0.39 is 10.8 Å². The highest BCUT2D eigenvalue weighted by atomic mass is 35.5. The topological polar surface area (TPSA) is 99.9 Å². The van der Waals surface area contributed by atoms with Gasteiger partial charge in [0, 0.05) is 22.7 Å².